The Kier molecular flexibility index (Phi) is 2.11. The summed E-state index contributed by atoms with van der Waals surface area (Å²) in [5.74, 6) is 0.701. The van der Waals surface area contributed by atoms with E-state index in [1.54, 1.807) is 18.7 Å². The molecule has 0 spiro atoms. The first-order chi connectivity index (χ1) is 8.24. The minimum atomic E-state index is 0.701. The van der Waals surface area contributed by atoms with Gasteiger partial charge >= 0.3 is 0 Å². The highest BCUT2D eigenvalue weighted by Gasteiger charge is 2.06. The molecule has 0 bridgehead atoms. The maximum absolute atomic E-state index is 4.51. The van der Waals surface area contributed by atoms with E-state index in [1.807, 2.05) is 30.7 Å². The lowest BCUT2D eigenvalue weighted by atomic mass is 10.2. The van der Waals surface area contributed by atoms with Crippen molar-refractivity contribution in [2.24, 2.45) is 7.05 Å². The Morgan fingerprint density at radius 2 is 2.06 bits per heavy atom. The van der Waals surface area contributed by atoms with Crippen LogP contribution in [-0.2, 0) is 7.05 Å². The second-order valence-electron chi connectivity index (χ2n) is 3.94. The topological polar surface area (TPSA) is 56.5 Å². The van der Waals surface area contributed by atoms with E-state index in [9.17, 15) is 0 Å². The first-order valence-corrected chi connectivity index (χ1v) is 5.31. The molecule has 0 amide bonds. The maximum Gasteiger partial charge on any atom is 0.163 e. The molecule has 0 saturated heterocycles. The number of fused-ring (bicyclic) bond motifs is 1. The lowest BCUT2D eigenvalue weighted by Crippen LogP contribution is -1.94. The third-order valence-corrected chi connectivity index (χ3v) is 2.61. The second kappa shape index (κ2) is 3.62. The molecule has 84 valence electrons. The van der Waals surface area contributed by atoms with Crippen LogP contribution in [0.4, 0.5) is 0 Å². The minimum Gasteiger partial charge on any atom is -0.318 e. The van der Waals surface area contributed by atoms with Crippen LogP contribution in [0, 0.1) is 6.92 Å². The van der Waals surface area contributed by atoms with E-state index in [4.69, 9.17) is 0 Å². The monoisotopic (exact) mass is 225 g/mol. The van der Waals surface area contributed by atoms with Crippen molar-refractivity contribution in [1.82, 2.24) is 24.5 Å². The molecule has 0 aliphatic carbocycles. The zero-order valence-electron chi connectivity index (χ0n) is 9.62. The highest BCUT2D eigenvalue weighted by Crippen LogP contribution is 2.17. The van der Waals surface area contributed by atoms with Gasteiger partial charge in [-0.05, 0) is 19.1 Å². The molecule has 5 heteroatoms. The highest BCUT2D eigenvalue weighted by molar-refractivity contribution is 5.72. The summed E-state index contributed by atoms with van der Waals surface area (Å²) in [6.07, 6.45) is 5.25. The first kappa shape index (κ1) is 9.89. The van der Waals surface area contributed by atoms with Crippen molar-refractivity contribution in [2.45, 2.75) is 6.92 Å². The van der Waals surface area contributed by atoms with Crippen LogP contribution < -0.4 is 0 Å². The van der Waals surface area contributed by atoms with Crippen LogP contribution in [0.1, 0.15) is 5.69 Å². The Labute approximate surface area is 98.2 Å². The average Bonchev–Trinajstić information content (AvgIpc) is 2.71. The van der Waals surface area contributed by atoms with Crippen molar-refractivity contribution >= 4 is 11.2 Å². The predicted molar refractivity (Wildman–Crippen MR) is 64.3 cm³/mol. The van der Waals surface area contributed by atoms with Gasteiger partial charge in [0.1, 0.15) is 5.52 Å². The van der Waals surface area contributed by atoms with E-state index >= 15 is 0 Å². The van der Waals surface area contributed by atoms with Gasteiger partial charge in [0.15, 0.2) is 11.5 Å². The van der Waals surface area contributed by atoms with Crippen LogP contribution in [0.15, 0.2) is 30.9 Å². The van der Waals surface area contributed by atoms with Crippen molar-refractivity contribution in [3.63, 3.8) is 0 Å². The molecule has 0 aromatic carbocycles. The molecule has 0 saturated carbocycles. The van der Waals surface area contributed by atoms with Crippen LogP contribution in [0.5, 0.6) is 0 Å². The van der Waals surface area contributed by atoms with E-state index in [-0.39, 0.29) is 0 Å². The van der Waals surface area contributed by atoms with Crippen molar-refractivity contribution in [3.8, 4) is 11.4 Å². The summed E-state index contributed by atoms with van der Waals surface area (Å²) in [4.78, 5) is 17.2. The molecule has 0 aliphatic heterocycles. The molecule has 0 aliphatic rings. The summed E-state index contributed by atoms with van der Waals surface area (Å²) >= 11 is 0. The van der Waals surface area contributed by atoms with Crippen LogP contribution >= 0.6 is 0 Å². The third kappa shape index (κ3) is 1.65. The molecule has 3 rings (SSSR count). The number of imidazole rings is 1. The lowest BCUT2D eigenvalue weighted by Gasteiger charge is -2.01. The molecule has 0 fully saturated rings. The molecular weight excluding hydrogens is 214 g/mol. The van der Waals surface area contributed by atoms with Gasteiger partial charge in [0.05, 0.1) is 12.5 Å². The van der Waals surface area contributed by atoms with Crippen LogP contribution in [-0.4, -0.2) is 24.5 Å². The van der Waals surface area contributed by atoms with Gasteiger partial charge in [0.2, 0.25) is 0 Å². The van der Waals surface area contributed by atoms with Gasteiger partial charge in [0.25, 0.3) is 0 Å². The molecule has 5 nitrogen and oxygen atoms in total. The number of nitrogens with zero attached hydrogens (tertiary/aromatic N) is 5. The fourth-order valence-corrected chi connectivity index (χ4v) is 1.74. The van der Waals surface area contributed by atoms with Crippen molar-refractivity contribution in [3.05, 3.63) is 36.5 Å². The van der Waals surface area contributed by atoms with Crippen LogP contribution in [0.25, 0.3) is 22.6 Å². The normalized spacial score (nSPS) is 10.9. The average molecular weight is 225 g/mol. The van der Waals surface area contributed by atoms with Crippen molar-refractivity contribution in [2.75, 3.05) is 0 Å². The molecular formula is C12H11N5. The van der Waals surface area contributed by atoms with Gasteiger partial charge in [-0.2, -0.15) is 0 Å². The van der Waals surface area contributed by atoms with E-state index in [1.165, 1.54) is 0 Å². The third-order valence-electron chi connectivity index (χ3n) is 2.61. The highest BCUT2D eigenvalue weighted by atomic mass is 15.1. The van der Waals surface area contributed by atoms with Crippen LogP contribution in [0.3, 0.4) is 0 Å². The summed E-state index contributed by atoms with van der Waals surface area (Å²) < 4.78 is 1.88. The molecule has 3 aromatic heterocycles. The summed E-state index contributed by atoms with van der Waals surface area (Å²) in [6, 6.07) is 3.88. The van der Waals surface area contributed by atoms with E-state index < -0.39 is 0 Å². The molecule has 3 heterocycles. The molecule has 0 atom stereocenters. The first-order valence-electron chi connectivity index (χ1n) is 5.31. The number of hydrogen-bond donors (Lipinski definition) is 0. The zero-order valence-corrected chi connectivity index (χ0v) is 9.62. The Balaban J connectivity index is 2.20. The number of rotatable bonds is 1. The zero-order chi connectivity index (χ0) is 11.8. The fourth-order valence-electron chi connectivity index (χ4n) is 1.74. The maximum atomic E-state index is 4.51. The van der Waals surface area contributed by atoms with Gasteiger partial charge in [0, 0.05) is 24.5 Å². The number of hydrogen-bond acceptors (Lipinski definition) is 4. The van der Waals surface area contributed by atoms with Gasteiger partial charge in [-0.25, -0.2) is 15.0 Å². The molecule has 17 heavy (non-hydrogen) atoms. The second-order valence-corrected chi connectivity index (χ2v) is 3.94. The molecule has 0 N–H and O–H groups in total. The molecule has 3 aromatic rings. The minimum absolute atomic E-state index is 0.701. The van der Waals surface area contributed by atoms with E-state index in [0.29, 0.717) is 5.82 Å². The molecule has 0 unspecified atom stereocenters. The van der Waals surface area contributed by atoms with Crippen LogP contribution in [0.2, 0.25) is 0 Å². The predicted octanol–water partition coefficient (Wildman–Crippen LogP) is 1.73. The Bertz CT molecular complexity index is 686. The van der Waals surface area contributed by atoms with E-state index in [0.717, 1.165) is 22.4 Å². The van der Waals surface area contributed by atoms with Gasteiger partial charge in [-0.1, -0.05) is 0 Å². The summed E-state index contributed by atoms with van der Waals surface area (Å²) in [5.41, 5.74) is 3.57. The lowest BCUT2D eigenvalue weighted by molar-refractivity contribution is 0.929. The summed E-state index contributed by atoms with van der Waals surface area (Å²) in [6.45, 7) is 1.95. The largest absolute Gasteiger partial charge is 0.318 e. The Morgan fingerprint density at radius 1 is 1.18 bits per heavy atom. The quantitative estimate of drug-likeness (QED) is 0.633. The number of aryl methyl sites for hydroxylation is 2. The smallest absolute Gasteiger partial charge is 0.163 e. The van der Waals surface area contributed by atoms with E-state index in [2.05, 4.69) is 19.9 Å². The molecule has 0 radical (unpaired) electrons. The summed E-state index contributed by atoms with van der Waals surface area (Å²) in [7, 11) is 1.92. The van der Waals surface area contributed by atoms with Crippen molar-refractivity contribution in [1.29, 1.82) is 0 Å². The summed E-state index contributed by atoms with van der Waals surface area (Å²) in [5, 5.41) is 0. The standard InChI is InChI=1S/C12H11N5/c1-8-5-9(3-4-13-8)11-14-6-10-12(16-11)17(2)7-15-10/h3-7H,1-2H3. The van der Waals surface area contributed by atoms with Gasteiger partial charge in [-0.3, -0.25) is 4.98 Å². The van der Waals surface area contributed by atoms with Gasteiger partial charge in [-0.15, -0.1) is 0 Å². The Hall–Kier alpha value is -2.30. The number of aromatic nitrogens is 5. The number of pyridine rings is 1. The van der Waals surface area contributed by atoms with Crippen molar-refractivity contribution < 1.29 is 0 Å². The Morgan fingerprint density at radius 3 is 2.88 bits per heavy atom. The fraction of sp³-hybridized carbons (Fsp3) is 0.167. The SMILES string of the molecule is Cc1cc(-c2ncc3ncn(C)c3n2)ccn1. The van der Waals surface area contributed by atoms with Gasteiger partial charge < -0.3 is 4.57 Å².